The molecular formula is C25H25N3O4. The molecule has 7 nitrogen and oxygen atoms in total. The molecule has 0 unspecified atom stereocenters. The Kier molecular flexibility index (Phi) is 6.35. The number of piperidine rings is 1. The first-order valence-electron chi connectivity index (χ1n) is 10.6. The number of carbonyl (C=O) groups excluding carboxylic acids is 3. The van der Waals surface area contributed by atoms with Gasteiger partial charge in [0.2, 0.25) is 11.8 Å². The van der Waals surface area contributed by atoms with Crippen molar-refractivity contribution in [2.75, 3.05) is 13.1 Å². The first-order valence-corrected chi connectivity index (χ1v) is 10.6. The van der Waals surface area contributed by atoms with E-state index in [1.54, 1.807) is 23.1 Å². The minimum atomic E-state index is -0.495. The molecule has 2 N–H and O–H groups in total. The Bertz CT molecular complexity index is 1160. The van der Waals surface area contributed by atoms with Crippen molar-refractivity contribution in [2.45, 2.75) is 19.8 Å². The SMILES string of the molecule is Cc1c(C(=O)NNC(=O)C2CCN(C(=O)/C=C/c3ccccc3)CC2)oc2ccccc12. The molecule has 32 heavy (non-hydrogen) atoms. The number of nitrogens with one attached hydrogen (secondary N) is 2. The van der Waals surface area contributed by atoms with E-state index in [4.69, 9.17) is 4.42 Å². The van der Waals surface area contributed by atoms with Crippen LogP contribution >= 0.6 is 0 Å². The summed E-state index contributed by atoms with van der Waals surface area (Å²) in [5, 5.41) is 0.863. The van der Waals surface area contributed by atoms with E-state index >= 15 is 0 Å². The molecule has 3 aromatic rings. The number of hydrazine groups is 1. The van der Waals surface area contributed by atoms with E-state index < -0.39 is 5.91 Å². The number of hydrogen-bond donors (Lipinski definition) is 2. The number of carbonyl (C=O) groups is 3. The van der Waals surface area contributed by atoms with Gasteiger partial charge in [-0.2, -0.15) is 0 Å². The van der Waals surface area contributed by atoms with Gasteiger partial charge in [-0.05, 0) is 37.5 Å². The second-order valence-electron chi connectivity index (χ2n) is 7.84. The molecule has 0 atom stereocenters. The van der Waals surface area contributed by atoms with Gasteiger partial charge in [0.1, 0.15) is 5.58 Å². The van der Waals surface area contributed by atoms with Gasteiger partial charge in [-0.1, -0.05) is 48.5 Å². The molecule has 0 spiro atoms. The van der Waals surface area contributed by atoms with Gasteiger partial charge >= 0.3 is 5.91 Å². The fourth-order valence-electron chi connectivity index (χ4n) is 3.87. The lowest BCUT2D eigenvalue weighted by molar-refractivity contribution is -0.132. The number of para-hydroxylation sites is 1. The van der Waals surface area contributed by atoms with E-state index in [1.807, 2.05) is 55.5 Å². The van der Waals surface area contributed by atoms with Crippen LogP contribution in [0.25, 0.3) is 17.0 Å². The molecule has 4 rings (SSSR count). The van der Waals surface area contributed by atoms with Crippen LogP contribution in [0.2, 0.25) is 0 Å². The summed E-state index contributed by atoms with van der Waals surface area (Å²) in [5.41, 5.74) is 7.26. The standard InChI is InChI=1S/C25H25N3O4/c1-17-20-9-5-6-10-21(20)32-23(17)25(31)27-26-24(30)19-13-15-28(16-14-19)22(29)12-11-18-7-3-2-4-8-18/h2-12,19H,13-16H2,1H3,(H,26,30)(H,27,31)/b12-11+. The summed E-state index contributed by atoms with van der Waals surface area (Å²) >= 11 is 0. The molecule has 0 saturated carbocycles. The number of furan rings is 1. The average Bonchev–Trinajstić information content (AvgIpc) is 3.18. The van der Waals surface area contributed by atoms with Crippen molar-refractivity contribution in [2.24, 2.45) is 5.92 Å². The van der Waals surface area contributed by atoms with Crippen LogP contribution in [0.4, 0.5) is 0 Å². The topological polar surface area (TPSA) is 91.7 Å². The highest BCUT2D eigenvalue weighted by Gasteiger charge is 2.27. The van der Waals surface area contributed by atoms with Crippen LogP contribution in [-0.2, 0) is 9.59 Å². The summed E-state index contributed by atoms with van der Waals surface area (Å²) in [7, 11) is 0. The minimum absolute atomic E-state index is 0.0682. The Morgan fingerprint density at radius 1 is 0.969 bits per heavy atom. The van der Waals surface area contributed by atoms with Gasteiger partial charge in [0.15, 0.2) is 5.76 Å². The summed E-state index contributed by atoms with van der Waals surface area (Å²) in [5.74, 6) is -0.919. The Balaban J connectivity index is 1.26. The summed E-state index contributed by atoms with van der Waals surface area (Å²) in [6.07, 6.45) is 4.43. The van der Waals surface area contributed by atoms with E-state index in [1.165, 1.54) is 0 Å². The molecule has 1 aromatic heterocycles. The molecule has 1 saturated heterocycles. The number of aryl methyl sites for hydroxylation is 1. The Hall–Kier alpha value is -3.87. The first kappa shape index (κ1) is 21.4. The number of hydrogen-bond acceptors (Lipinski definition) is 4. The van der Waals surface area contributed by atoms with Crippen molar-refractivity contribution >= 4 is 34.8 Å². The molecule has 0 bridgehead atoms. The number of fused-ring (bicyclic) bond motifs is 1. The van der Waals surface area contributed by atoms with Gasteiger partial charge in [0.05, 0.1) is 0 Å². The molecule has 7 heteroatoms. The molecule has 3 amide bonds. The lowest BCUT2D eigenvalue weighted by Gasteiger charge is -2.30. The maximum absolute atomic E-state index is 12.5. The predicted molar refractivity (Wildman–Crippen MR) is 121 cm³/mol. The number of nitrogens with zero attached hydrogens (tertiary/aromatic N) is 1. The van der Waals surface area contributed by atoms with Crippen molar-refractivity contribution < 1.29 is 18.8 Å². The monoisotopic (exact) mass is 431 g/mol. The molecule has 2 aromatic carbocycles. The summed E-state index contributed by atoms with van der Waals surface area (Å²) < 4.78 is 5.62. The molecule has 2 heterocycles. The van der Waals surface area contributed by atoms with Gasteiger partial charge in [0, 0.05) is 36.0 Å². The van der Waals surface area contributed by atoms with Gasteiger partial charge in [-0.3, -0.25) is 25.2 Å². The lowest BCUT2D eigenvalue weighted by atomic mass is 9.96. The highest BCUT2D eigenvalue weighted by atomic mass is 16.3. The zero-order valence-electron chi connectivity index (χ0n) is 17.8. The highest BCUT2D eigenvalue weighted by Crippen LogP contribution is 2.24. The van der Waals surface area contributed by atoms with Gasteiger partial charge in [0.25, 0.3) is 0 Å². The fraction of sp³-hybridized carbons (Fsp3) is 0.240. The Labute approximate surface area is 186 Å². The molecular weight excluding hydrogens is 406 g/mol. The van der Waals surface area contributed by atoms with Crippen LogP contribution in [0.5, 0.6) is 0 Å². The third-order valence-electron chi connectivity index (χ3n) is 5.74. The van der Waals surface area contributed by atoms with Crippen molar-refractivity contribution in [1.82, 2.24) is 15.8 Å². The molecule has 1 fully saturated rings. The smallest absolute Gasteiger partial charge is 0.305 e. The van der Waals surface area contributed by atoms with Crippen LogP contribution in [0.3, 0.4) is 0 Å². The summed E-state index contributed by atoms with van der Waals surface area (Å²) in [6.45, 7) is 2.79. The molecule has 164 valence electrons. The highest BCUT2D eigenvalue weighted by molar-refractivity contribution is 5.99. The average molecular weight is 431 g/mol. The van der Waals surface area contributed by atoms with E-state index in [-0.39, 0.29) is 23.5 Å². The summed E-state index contributed by atoms with van der Waals surface area (Å²) in [4.78, 5) is 39.1. The van der Waals surface area contributed by atoms with Gasteiger partial charge < -0.3 is 9.32 Å². The Morgan fingerprint density at radius 3 is 2.38 bits per heavy atom. The molecule has 0 radical (unpaired) electrons. The van der Waals surface area contributed by atoms with Crippen molar-refractivity contribution in [3.8, 4) is 0 Å². The normalized spacial score (nSPS) is 14.6. The predicted octanol–water partition coefficient (Wildman–Crippen LogP) is 3.45. The minimum Gasteiger partial charge on any atom is -0.451 e. The maximum Gasteiger partial charge on any atom is 0.305 e. The van der Waals surface area contributed by atoms with Crippen LogP contribution in [0, 0.1) is 12.8 Å². The maximum atomic E-state index is 12.5. The molecule has 1 aliphatic heterocycles. The fourth-order valence-corrected chi connectivity index (χ4v) is 3.87. The number of benzene rings is 2. The second kappa shape index (κ2) is 9.51. The largest absolute Gasteiger partial charge is 0.451 e. The van der Waals surface area contributed by atoms with Crippen molar-refractivity contribution in [1.29, 1.82) is 0 Å². The second-order valence-corrected chi connectivity index (χ2v) is 7.84. The van der Waals surface area contributed by atoms with E-state index in [0.29, 0.717) is 31.5 Å². The zero-order chi connectivity index (χ0) is 22.5. The third kappa shape index (κ3) is 4.72. The van der Waals surface area contributed by atoms with Gasteiger partial charge in [-0.25, -0.2) is 0 Å². The zero-order valence-corrected chi connectivity index (χ0v) is 17.8. The van der Waals surface area contributed by atoms with E-state index in [9.17, 15) is 14.4 Å². The number of likely N-dealkylation sites (tertiary alicyclic amines) is 1. The van der Waals surface area contributed by atoms with Gasteiger partial charge in [-0.15, -0.1) is 0 Å². The van der Waals surface area contributed by atoms with Crippen molar-refractivity contribution in [3.05, 3.63) is 77.6 Å². The molecule has 1 aliphatic rings. The summed E-state index contributed by atoms with van der Waals surface area (Å²) in [6, 6.07) is 17.0. The molecule has 0 aliphatic carbocycles. The third-order valence-corrected chi connectivity index (χ3v) is 5.74. The van der Waals surface area contributed by atoms with Crippen molar-refractivity contribution in [3.63, 3.8) is 0 Å². The van der Waals surface area contributed by atoms with Crippen LogP contribution < -0.4 is 10.9 Å². The van der Waals surface area contributed by atoms with Crippen LogP contribution in [-0.4, -0.2) is 35.7 Å². The van der Waals surface area contributed by atoms with E-state index in [0.717, 1.165) is 16.5 Å². The number of rotatable bonds is 4. The lowest BCUT2D eigenvalue weighted by Crippen LogP contribution is -2.48. The number of amides is 3. The first-order chi connectivity index (χ1) is 15.5. The van der Waals surface area contributed by atoms with Crippen LogP contribution in [0.15, 0.2) is 65.1 Å². The Morgan fingerprint density at radius 2 is 1.66 bits per heavy atom. The van der Waals surface area contributed by atoms with Crippen LogP contribution in [0.1, 0.15) is 34.5 Å². The quantitative estimate of drug-likeness (QED) is 0.489. The van der Waals surface area contributed by atoms with E-state index in [2.05, 4.69) is 10.9 Å².